The lowest BCUT2D eigenvalue weighted by molar-refractivity contribution is 0.844. The molecule has 1 aromatic heterocycles. The predicted molar refractivity (Wildman–Crippen MR) is 64.1 cm³/mol. The summed E-state index contributed by atoms with van der Waals surface area (Å²) in [7, 11) is 0. The predicted octanol–water partition coefficient (Wildman–Crippen LogP) is 2.81. The van der Waals surface area contributed by atoms with Crippen LogP contribution in [0.3, 0.4) is 0 Å². The Labute approximate surface area is 93.8 Å². The average molecular weight is 218 g/mol. The first-order valence-corrected chi connectivity index (χ1v) is 5.79. The summed E-state index contributed by atoms with van der Waals surface area (Å²) in [6.07, 6.45) is 0. The van der Waals surface area contributed by atoms with Crippen molar-refractivity contribution in [3.63, 3.8) is 0 Å². The van der Waals surface area contributed by atoms with Crippen LogP contribution in [0.4, 0.5) is 0 Å². The van der Waals surface area contributed by atoms with Gasteiger partial charge in [-0.1, -0.05) is 24.3 Å². The molecule has 0 amide bonds. The summed E-state index contributed by atoms with van der Waals surface area (Å²) in [6.45, 7) is 4.07. The molecule has 78 valence electrons. The molecule has 1 aromatic carbocycles. The number of aryl methyl sites for hydroxylation is 2. The largest absolute Gasteiger partial charge is 0.318 e. The lowest BCUT2D eigenvalue weighted by Gasteiger charge is -2.11. The van der Waals surface area contributed by atoms with Crippen LogP contribution in [-0.4, -0.2) is 4.98 Å². The van der Waals surface area contributed by atoms with Crippen LogP contribution in [0.1, 0.15) is 27.9 Å². The van der Waals surface area contributed by atoms with Crippen molar-refractivity contribution in [1.82, 2.24) is 4.98 Å². The quantitative estimate of drug-likeness (QED) is 0.841. The first-order chi connectivity index (χ1) is 7.18. The van der Waals surface area contributed by atoms with E-state index in [2.05, 4.69) is 24.0 Å². The molecule has 3 heteroatoms. The van der Waals surface area contributed by atoms with Crippen LogP contribution in [0.15, 0.2) is 29.6 Å². The summed E-state index contributed by atoms with van der Waals surface area (Å²) in [5.74, 6) is 0. The maximum Gasteiger partial charge on any atom is 0.114 e. The van der Waals surface area contributed by atoms with Gasteiger partial charge < -0.3 is 5.73 Å². The molecule has 2 nitrogen and oxygen atoms in total. The zero-order valence-corrected chi connectivity index (χ0v) is 9.71. The van der Waals surface area contributed by atoms with Crippen molar-refractivity contribution in [1.29, 1.82) is 0 Å². The van der Waals surface area contributed by atoms with Gasteiger partial charge >= 0.3 is 0 Å². The SMILES string of the molecule is Cc1csc(C(N)c2ccccc2C)n1. The summed E-state index contributed by atoms with van der Waals surface area (Å²) in [6, 6.07) is 8.10. The normalized spacial score (nSPS) is 12.7. The van der Waals surface area contributed by atoms with E-state index in [1.165, 1.54) is 5.56 Å². The van der Waals surface area contributed by atoms with Crippen molar-refractivity contribution >= 4 is 11.3 Å². The van der Waals surface area contributed by atoms with Crippen LogP contribution in [-0.2, 0) is 0 Å². The molecule has 0 aliphatic carbocycles. The second-order valence-corrected chi connectivity index (χ2v) is 4.55. The van der Waals surface area contributed by atoms with Gasteiger partial charge in [0.05, 0.1) is 6.04 Å². The second kappa shape index (κ2) is 4.13. The molecule has 0 fully saturated rings. The zero-order chi connectivity index (χ0) is 10.8. The molecule has 2 N–H and O–H groups in total. The number of aromatic nitrogens is 1. The van der Waals surface area contributed by atoms with Crippen molar-refractivity contribution in [2.75, 3.05) is 0 Å². The molecule has 2 rings (SSSR count). The third kappa shape index (κ3) is 2.08. The summed E-state index contributed by atoms with van der Waals surface area (Å²) in [5.41, 5.74) is 9.60. The van der Waals surface area contributed by atoms with E-state index < -0.39 is 0 Å². The zero-order valence-electron chi connectivity index (χ0n) is 8.90. The number of nitrogens with two attached hydrogens (primary N) is 1. The molecule has 0 saturated carbocycles. The molecule has 0 aliphatic rings. The van der Waals surface area contributed by atoms with Gasteiger partial charge in [-0.2, -0.15) is 0 Å². The molecule has 1 atom stereocenters. The first kappa shape index (κ1) is 10.3. The van der Waals surface area contributed by atoms with Gasteiger partial charge in [0.1, 0.15) is 5.01 Å². The Morgan fingerprint density at radius 1 is 1.27 bits per heavy atom. The molecular weight excluding hydrogens is 204 g/mol. The van der Waals surface area contributed by atoms with E-state index in [1.54, 1.807) is 11.3 Å². The summed E-state index contributed by atoms with van der Waals surface area (Å²) >= 11 is 1.63. The van der Waals surface area contributed by atoms with E-state index in [-0.39, 0.29) is 6.04 Å². The fourth-order valence-corrected chi connectivity index (χ4v) is 2.40. The van der Waals surface area contributed by atoms with Crippen molar-refractivity contribution in [3.8, 4) is 0 Å². The highest BCUT2D eigenvalue weighted by Crippen LogP contribution is 2.24. The maximum atomic E-state index is 6.18. The van der Waals surface area contributed by atoms with Crippen LogP contribution in [0, 0.1) is 13.8 Å². The molecule has 2 aromatic rings. The van der Waals surface area contributed by atoms with Gasteiger partial charge in [-0.3, -0.25) is 0 Å². The third-order valence-electron chi connectivity index (χ3n) is 2.43. The average Bonchev–Trinajstić information content (AvgIpc) is 2.65. The first-order valence-electron chi connectivity index (χ1n) is 4.91. The van der Waals surface area contributed by atoms with Gasteiger partial charge in [0.15, 0.2) is 0 Å². The monoisotopic (exact) mass is 218 g/mol. The number of rotatable bonds is 2. The van der Waals surface area contributed by atoms with Crippen molar-refractivity contribution in [2.45, 2.75) is 19.9 Å². The number of nitrogens with zero attached hydrogens (tertiary/aromatic N) is 1. The van der Waals surface area contributed by atoms with Crippen molar-refractivity contribution in [2.24, 2.45) is 5.73 Å². The van der Waals surface area contributed by atoms with Gasteiger partial charge in [0.25, 0.3) is 0 Å². The van der Waals surface area contributed by atoms with Gasteiger partial charge in [0, 0.05) is 11.1 Å². The van der Waals surface area contributed by atoms with Crippen LogP contribution < -0.4 is 5.73 Å². The minimum absolute atomic E-state index is 0.0927. The van der Waals surface area contributed by atoms with Crippen molar-refractivity contribution < 1.29 is 0 Å². The number of hydrogen-bond donors (Lipinski definition) is 1. The Balaban J connectivity index is 2.36. The lowest BCUT2D eigenvalue weighted by Crippen LogP contribution is -2.12. The van der Waals surface area contributed by atoms with Crippen LogP contribution in [0.2, 0.25) is 0 Å². The Morgan fingerprint density at radius 3 is 2.60 bits per heavy atom. The van der Waals surface area contributed by atoms with Gasteiger partial charge in [0.2, 0.25) is 0 Å². The molecule has 1 heterocycles. The van der Waals surface area contributed by atoms with E-state index in [9.17, 15) is 0 Å². The summed E-state index contributed by atoms with van der Waals surface area (Å²) in [5, 5.41) is 3.02. The molecule has 0 radical (unpaired) electrons. The minimum atomic E-state index is -0.0927. The molecule has 0 aliphatic heterocycles. The van der Waals surface area contributed by atoms with Gasteiger partial charge in [-0.15, -0.1) is 11.3 Å². The Hall–Kier alpha value is -1.19. The second-order valence-electron chi connectivity index (χ2n) is 3.66. The van der Waals surface area contributed by atoms with Crippen LogP contribution >= 0.6 is 11.3 Å². The van der Waals surface area contributed by atoms with E-state index in [4.69, 9.17) is 5.73 Å². The van der Waals surface area contributed by atoms with Gasteiger partial charge in [-0.05, 0) is 25.0 Å². The van der Waals surface area contributed by atoms with E-state index in [1.807, 2.05) is 24.4 Å². The molecular formula is C12H14N2S. The molecule has 0 bridgehead atoms. The molecule has 0 saturated heterocycles. The highest BCUT2D eigenvalue weighted by molar-refractivity contribution is 7.09. The fraction of sp³-hybridized carbons (Fsp3) is 0.250. The topological polar surface area (TPSA) is 38.9 Å². The Bertz CT molecular complexity index is 462. The minimum Gasteiger partial charge on any atom is -0.318 e. The Morgan fingerprint density at radius 2 is 2.00 bits per heavy atom. The smallest absolute Gasteiger partial charge is 0.114 e. The van der Waals surface area contributed by atoms with Crippen LogP contribution in [0.5, 0.6) is 0 Å². The summed E-state index contributed by atoms with van der Waals surface area (Å²) in [4.78, 5) is 4.42. The van der Waals surface area contributed by atoms with E-state index in [0.29, 0.717) is 0 Å². The lowest BCUT2D eigenvalue weighted by atomic mass is 10.0. The van der Waals surface area contributed by atoms with Crippen LogP contribution in [0.25, 0.3) is 0 Å². The molecule has 1 unspecified atom stereocenters. The third-order valence-corrected chi connectivity index (χ3v) is 3.47. The maximum absolute atomic E-state index is 6.18. The fourth-order valence-electron chi connectivity index (χ4n) is 1.58. The van der Waals surface area contributed by atoms with Crippen molar-refractivity contribution in [3.05, 3.63) is 51.5 Å². The van der Waals surface area contributed by atoms with E-state index in [0.717, 1.165) is 16.3 Å². The standard InChI is InChI=1S/C12H14N2S/c1-8-5-3-4-6-10(8)11(13)12-14-9(2)7-15-12/h3-7,11H,13H2,1-2H3. The highest BCUT2D eigenvalue weighted by Gasteiger charge is 2.13. The molecule has 15 heavy (non-hydrogen) atoms. The number of benzene rings is 1. The summed E-state index contributed by atoms with van der Waals surface area (Å²) < 4.78 is 0. The molecule has 0 spiro atoms. The van der Waals surface area contributed by atoms with E-state index >= 15 is 0 Å². The highest BCUT2D eigenvalue weighted by atomic mass is 32.1. The number of thiazole rings is 1. The Kier molecular flexibility index (Phi) is 2.84. The number of hydrogen-bond acceptors (Lipinski definition) is 3. The van der Waals surface area contributed by atoms with Gasteiger partial charge in [-0.25, -0.2) is 4.98 Å².